The van der Waals surface area contributed by atoms with E-state index in [0.29, 0.717) is 17.3 Å². The monoisotopic (exact) mass is 246 g/mol. The summed E-state index contributed by atoms with van der Waals surface area (Å²) in [6.45, 7) is 1.51. The summed E-state index contributed by atoms with van der Waals surface area (Å²) in [5.41, 5.74) is 1.26. The second-order valence-electron chi connectivity index (χ2n) is 4.72. The Morgan fingerprint density at radius 2 is 1.94 bits per heavy atom. The van der Waals surface area contributed by atoms with Gasteiger partial charge in [0.25, 0.3) is 0 Å². The number of benzene rings is 1. The highest BCUT2D eigenvalue weighted by molar-refractivity contribution is 5.96. The summed E-state index contributed by atoms with van der Waals surface area (Å²) in [7, 11) is 0. The van der Waals surface area contributed by atoms with Crippen LogP contribution >= 0.6 is 0 Å². The Labute approximate surface area is 107 Å². The normalized spacial score (nSPS) is 15.4. The summed E-state index contributed by atoms with van der Waals surface area (Å²) in [4.78, 5) is 23.0. The highest BCUT2D eigenvalue weighted by Gasteiger charge is 2.16. The largest absolute Gasteiger partial charge is 0.335 e. The van der Waals surface area contributed by atoms with Crippen LogP contribution in [0, 0.1) is 0 Å². The maximum absolute atomic E-state index is 11.7. The van der Waals surface area contributed by atoms with Crippen molar-refractivity contribution in [2.75, 3.05) is 5.32 Å². The Hall–Kier alpha value is -1.84. The van der Waals surface area contributed by atoms with Gasteiger partial charge in [-0.05, 0) is 31.9 Å². The quantitative estimate of drug-likeness (QED) is 0.805. The molecule has 0 atom stereocenters. The SMILES string of the molecule is CC(=O)c1cccc(NC(=O)NC2CCCC2)c1. The van der Waals surface area contributed by atoms with Crippen LogP contribution in [0.3, 0.4) is 0 Å². The predicted molar refractivity (Wildman–Crippen MR) is 70.9 cm³/mol. The summed E-state index contributed by atoms with van der Waals surface area (Å²) in [6.07, 6.45) is 4.48. The maximum atomic E-state index is 11.7. The highest BCUT2D eigenvalue weighted by atomic mass is 16.2. The third kappa shape index (κ3) is 3.32. The Kier molecular flexibility index (Phi) is 3.97. The van der Waals surface area contributed by atoms with E-state index in [0.717, 1.165) is 12.8 Å². The number of anilines is 1. The second-order valence-corrected chi connectivity index (χ2v) is 4.72. The van der Waals surface area contributed by atoms with Gasteiger partial charge in [-0.2, -0.15) is 0 Å². The van der Waals surface area contributed by atoms with Gasteiger partial charge in [0.1, 0.15) is 0 Å². The minimum Gasteiger partial charge on any atom is -0.335 e. The van der Waals surface area contributed by atoms with Gasteiger partial charge in [-0.3, -0.25) is 4.79 Å². The fourth-order valence-electron chi connectivity index (χ4n) is 2.24. The fourth-order valence-corrected chi connectivity index (χ4v) is 2.24. The first-order chi connectivity index (χ1) is 8.65. The third-order valence-electron chi connectivity index (χ3n) is 3.22. The van der Waals surface area contributed by atoms with E-state index in [2.05, 4.69) is 10.6 Å². The van der Waals surface area contributed by atoms with Crippen molar-refractivity contribution in [3.8, 4) is 0 Å². The van der Waals surface area contributed by atoms with E-state index in [1.165, 1.54) is 19.8 Å². The summed E-state index contributed by atoms with van der Waals surface area (Å²) in [5.74, 6) is -0.00477. The molecule has 18 heavy (non-hydrogen) atoms. The lowest BCUT2D eigenvalue weighted by molar-refractivity contribution is 0.101. The molecule has 0 radical (unpaired) electrons. The molecular formula is C14H18N2O2. The van der Waals surface area contributed by atoms with Gasteiger partial charge in [0.15, 0.2) is 5.78 Å². The molecule has 1 aromatic carbocycles. The molecule has 1 aliphatic carbocycles. The molecule has 0 bridgehead atoms. The topological polar surface area (TPSA) is 58.2 Å². The van der Waals surface area contributed by atoms with E-state index < -0.39 is 0 Å². The minimum atomic E-state index is -0.192. The summed E-state index contributed by atoms with van der Waals surface area (Å²) in [6, 6.07) is 7.07. The van der Waals surface area contributed by atoms with Crippen LogP contribution in [0.5, 0.6) is 0 Å². The first kappa shape index (κ1) is 12.6. The molecule has 4 nitrogen and oxygen atoms in total. The number of hydrogen-bond donors (Lipinski definition) is 2. The number of ketones is 1. The zero-order valence-corrected chi connectivity index (χ0v) is 10.5. The van der Waals surface area contributed by atoms with Crippen LogP contribution in [0.1, 0.15) is 43.0 Å². The van der Waals surface area contributed by atoms with E-state index in [1.807, 2.05) is 0 Å². The molecule has 0 aromatic heterocycles. The third-order valence-corrected chi connectivity index (χ3v) is 3.22. The molecule has 1 fully saturated rings. The van der Waals surface area contributed by atoms with Crippen LogP contribution in [0.25, 0.3) is 0 Å². The first-order valence-corrected chi connectivity index (χ1v) is 6.33. The lowest BCUT2D eigenvalue weighted by Crippen LogP contribution is -2.36. The molecule has 1 saturated carbocycles. The number of Topliss-reactive ketones (excluding diaryl/α,β-unsaturated/α-hetero) is 1. The fraction of sp³-hybridized carbons (Fsp3) is 0.429. The van der Waals surface area contributed by atoms with Gasteiger partial charge in [-0.25, -0.2) is 4.79 Å². The van der Waals surface area contributed by atoms with Crippen molar-refractivity contribution in [2.24, 2.45) is 0 Å². The van der Waals surface area contributed by atoms with Gasteiger partial charge in [-0.1, -0.05) is 25.0 Å². The molecule has 0 unspecified atom stereocenters. The standard InChI is InChI=1S/C14H18N2O2/c1-10(17)11-5-4-8-13(9-11)16-14(18)15-12-6-2-3-7-12/h4-5,8-9,12H,2-3,6-7H2,1H3,(H2,15,16,18). The van der Waals surface area contributed by atoms with Crippen molar-refractivity contribution in [3.63, 3.8) is 0 Å². The van der Waals surface area contributed by atoms with Crippen LogP contribution in [-0.2, 0) is 0 Å². The van der Waals surface area contributed by atoms with Crippen molar-refractivity contribution in [3.05, 3.63) is 29.8 Å². The number of hydrogen-bond acceptors (Lipinski definition) is 2. The molecule has 4 heteroatoms. The van der Waals surface area contributed by atoms with Crippen molar-refractivity contribution in [1.29, 1.82) is 0 Å². The number of urea groups is 1. The van der Waals surface area contributed by atoms with Gasteiger partial charge < -0.3 is 10.6 Å². The summed E-state index contributed by atoms with van der Waals surface area (Å²) >= 11 is 0. The van der Waals surface area contributed by atoms with E-state index in [9.17, 15) is 9.59 Å². The molecule has 2 amide bonds. The summed E-state index contributed by atoms with van der Waals surface area (Å²) in [5, 5.41) is 5.70. The van der Waals surface area contributed by atoms with Crippen LogP contribution in [0.15, 0.2) is 24.3 Å². The number of rotatable bonds is 3. The molecule has 1 aliphatic rings. The second kappa shape index (κ2) is 5.67. The van der Waals surface area contributed by atoms with Crippen molar-refractivity contribution in [2.45, 2.75) is 38.6 Å². The number of amides is 2. The average Bonchev–Trinajstić information content (AvgIpc) is 2.82. The molecule has 96 valence electrons. The lowest BCUT2D eigenvalue weighted by Gasteiger charge is -2.13. The molecule has 2 N–H and O–H groups in total. The predicted octanol–water partition coefficient (Wildman–Crippen LogP) is 2.95. The zero-order chi connectivity index (χ0) is 13.0. The Balaban J connectivity index is 1.93. The van der Waals surface area contributed by atoms with Gasteiger partial charge in [0.2, 0.25) is 0 Å². The van der Waals surface area contributed by atoms with E-state index in [1.54, 1.807) is 24.3 Å². The van der Waals surface area contributed by atoms with E-state index in [-0.39, 0.29) is 11.8 Å². The highest BCUT2D eigenvalue weighted by Crippen LogP contribution is 2.18. The Bertz CT molecular complexity index is 451. The van der Waals surface area contributed by atoms with Crippen molar-refractivity contribution >= 4 is 17.5 Å². The molecule has 0 aliphatic heterocycles. The van der Waals surface area contributed by atoms with Crippen LogP contribution in [-0.4, -0.2) is 17.9 Å². The van der Waals surface area contributed by atoms with Gasteiger partial charge in [0, 0.05) is 17.3 Å². The van der Waals surface area contributed by atoms with Gasteiger partial charge in [-0.15, -0.1) is 0 Å². The molecule has 0 spiro atoms. The maximum Gasteiger partial charge on any atom is 0.319 e. The zero-order valence-electron chi connectivity index (χ0n) is 10.5. The molecule has 1 aromatic rings. The van der Waals surface area contributed by atoms with Crippen molar-refractivity contribution in [1.82, 2.24) is 5.32 Å². The molecule has 0 saturated heterocycles. The number of carbonyl (C=O) groups is 2. The van der Waals surface area contributed by atoms with Crippen LogP contribution in [0.4, 0.5) is 10.5 Å². The van der Waals surface area contributed by atoms with Crippen molar-refractivity contribution < 1.29 is 9.59 Å². The average molecular weight is 246 g/mol. The number of nitrogens with one attached hydrogen (secondary N) is 2. The molecular weight excluding hydrogens is 228 g/mol. The van der Waals surface area contributed by atoms with E-state index >= 15 is 0 Å². The molecule has 2 rings (SSSR count). The Morgan fingerprint density at radius 3 is 2.61 bits per heavy atom. The Morgan fingerprint density at radius 1 is 1.22 bits per heavy atom. The van der Waals surface area contributed by atoms with Crippen LogP contribution < -0.4 is 10.6 Å². The van der Waals surface area contributed by atoms with E-state index in [4.69, 9.17) is 0 Å². The smallest absolute Gasteiger partial charge is 0.319 e. The number of carbonyl (C=O) groups excluding carboxylic acids is 2. The first-order valence-electron chi connectivity index (χ1n) is 6.33. The lowest BCUT2D eigenvalue weighted by atomic mass is 10.1. The van der Waals surface area contributed by atoms with Gasteiger partial charge >= 0.3 is 6.03 Å². The van der Waals surface area contributed by atoms with Gasteiger partial charge in [0.05, 0.1) is 0 Å². The van der Waals surface area contributed by atoms with Crippen LogP contribution in [0.2, 0.25) is 0 Å². The minimum absolute atomic E-state index is 0.00477. The molecule has 0 heterocycles. The summed E-state index contributed by atoms with van der Waals surface area (Å²) < 4.78 is 0.